The summed E-state index contributed by atoms with van der Waals surface area (Å²) in [6.07, 6.45) is 0.799. The molecule has 0 radical (unpaired) electrons. The lowest BCUT2D eigenvalue weighted by atomic mass is 9.87. The van der Waals surface area contributed by atoms with Crippen LogP contribution in [0.5, 0.6) is 17.4 Å². The number of hydrogen-bond donors (Lipinski definition) is 2. The van der Waals surface area contributed by atoms with Crippen molar-refractivity contribution in [2.24, 2.45) is 0 Å². The minimum atomic E-state index is -0.386. The Hall–Kier alpha value is -3.06. The van der Waals surface area contributed by atoms with Gasteiger partial charge >= 0.3 is 6.03 Å². The maximum atomic E-state index is 12.7. The second-order valence-corrected chi connectivity index (χ2v) is 10.6. The van der Waals surface area contributed by atoms with Gasteiger partial charge in [-0.25, -0.2) is 9.78 Å². The molecule has 6 nitrogen and oxygen atoms in total. The van der Waals surface area contributed by atoms with Crippen LogP contribution in [0.1, 0.15) is 45.7 Å². The molecule has 1 aliphatic rings. The molecule has 7 heteroatoms. The van der Waals surface area contributed by atoms with Crippen LogP contribution in [-0.4, -0.2) is 16.6 Å². The minimum absolute atomic E-state index is 0.0483. The first-order chi connectivity index (χ1) is 15.5. The summed E-state index contributed by atoms with van der Waals surface area (Å²) in [6, 6.07) is 16.7. The molecule has 0 fully saturated rings. The number of hydrogen-bond acceptors (Lipinski definition) is 4. The van der Waals surface area contributed by atoms with Gasteiger partial charge in [-0.1, -0.05) is 45.0 Å². The highest BCUT2D eigenvalue weighted by Gasteiger charge is 2.32. The van der Waals surface area contributed by atoms with Crippen LogP contribution in [0.2, 0.25) is 0 Å². The zero-order chi connectivity index (χ0) is 23.8. The highest BCUT2D eigenvalue weighted by Crippen LogP contribution is 2.44. The number of carbonyl (C=O) groups excluding carboxylic acids is 1. The molecule has 3 aromatic rings. The zero-order valence-electron chi connectivity index (χ0n) is 19.5. The summed E-state index contributed by atoms with van der Waals surface area (Å²) in [5.74, 6) is 1.54. The average molecular weight is 510 g/mol. The van der Waals surface area contributed by atoms with Crippen LogP contribution in [-0.2, 0) is 11.8 Å². The predicted molar refractivity (Wildman–Crippen MR) is 135 cm³/mol. The van der Waals surface area contributed by atoms with E-state index in [1.54, 1.807) is 12.1 Å². The fraction of sp³-hybridized carbons (Fsp3) is 0.308. The number of amides is 2. The third kappa shape index (κ3) is 5.47. The lowest BCUT2D eigenvalue weighted by molar-refractivity contribution is 0.135. The Balaban J connectivity index is 1.52. The van der Waals surface area contributed by atoms with Crippen LogP contribution >= 0.6 is 15.9 Å². The van der Waals surface area contributed by atoms with Crippen molar-refractivity contribution in [3.63, 3.8) is 0 Å². The lowest BCUT2D eigenvalue weighted by Crippen LogP contribution is -2.24. The number of aromatic nitrogens is 1. The Morgan fingerprint density at radius 1 is 1.06 bits per heavy atom. The van der Waals surface area contributed by atoms with Crippen molar-refractivity contribution in [3.8, 4) is 17.4 Å². The Bertz CT molecular complexity index is 1180. The van der Waals surface area contributed by atoms with Crippen molar-refractivity contribution >= 4 is 33.3 Å². The monoisotopic (exact) mass is 509 g/mol. The minimum Gasteiger partial charge on any atom is -0.483 e. The Morgan fingerprint density at radius 3 is 2.48 bits per heavy atom. The van der Waals surface area contributed by atoms with Crippen LogP contribution in [0.25, 0.3) is 0 Å². The van der Waals surface area contributed by atoms with Crippen molar-refractivity contribution in [2.45, 2.75) is 52.1 Å². The quantitative estimate of drug-likeness (QED) is 0.362. The second-order valence-electron chi connectivity index (χ2n) is 9.78. The third-order valence-electron chi connectivity index (χ3n) is 5.34. The molecule has 0 spiro atoms. The van der Waals surface area contributed by atoms with Gasteiger partial charge in [-0.05, 0) is 71.1 Å². The number of pyridine rings is 1. The highest BCUT2D eigenvalue weighted by atomic mass is 79.9. The van der Waals surface area contributed by atoms with E-state index in [0.717, 1.165) is 12.0 Å². The van der Waals surface area contributed by atoms with Crippen molar-refractivity contribution in [3.05, 3.63) is 70.3 Å². The first-order valence-corrected chi connectivity index (χ1v) is 11.6. The normalized spacial score (nSPS) is 14.2. The molecule has 0 saturated carbocycles. The third-order valence-corrected chi connectivity index (χ3v) is 5.79. The molecular weight excluding hydrogens is 482 g/mol. The number of para-hydroxylation sites is 1. The molecule has 1 aromatic heterocycles. The van der Waals surface area contributed by atoms with Crippen molar-refractivity contribution in [1.82, 2.24) is 4.98 Å². The Morgan fingerprint density at radius 2 is 1.79 bits per heavy atom. The number of fused-ring (bicyclic) bond motifs is 1. The maximum absolute atomic E-state index is 12.7. The number of carbonyl (C=O) groups is 1. The van der Waals surface area contributed by atoms with Crippen LogP contribution in [0.3, 0.4) is 0 Å². The van der Waals surface area contributed by atoms with E-state index < -0.39 is 0 Å². The summed E-state index contributed by atoms with van der Waals surface area (Å²) in [6.45, 7) is 10.5. The largest absolute Gasteiger partial charge is 0.483 e. The smallest absolute Gasteiger partial charge is 0.323 e. The Labute approximate surface area is 202 Å². The molecule has 0 saturated heterocycles. The molecule has 2 N–H and O–H groups in total. The summed E-state index contributed by atoms with van der Waals surface area (Å²) in [5, 5.41) is 5.69. The van der Waals surface area contributed by atoms with Crippen LogP contribution in [0, 0.1) is 0 Å². The van der Waals surface area contributed by atoms with Gasteiger partial charge in [-0.2, -0.15) is 0 Å². The van der Waals surface area contributed by atoms with E-state index in [9.17, 15) is 4.79 Å². The van der Waals surface area contributed by atoms with E-state index in [2.05, 4.69) is 52.3 Å². The van der Waals surface area contributed by atoms with Crippen LogP contribution in [0.15, 0.2) is 59.2 Å². The van der Waals surface area contributed by atoms with Gasteiger partial charge in [-0.3, -0.25) is 0 Å². The van der Waals surface area contributed by atoms with Gasteiger partial charge < -0.3 is 20.1 Å². The SMILES string of the molecule is CC1(C)Cc2cccc(Oc3nc(Br)ccc3NC(=O)Nc3ccc(C(C)(C)C)cc3)c2O1. The number of nitrogens with zero attached hydrogens (tertiary/aromatic N) is 1. The first-order valence-electron chi connectivity index (χ1n) is 10.8. The fourth-order valence-corrected chi connectivity index (χ4v) is 3.99. The molecule has 2 amide bonds. The van der Waals surface area contributed by atoms with Crippen LogP contribution < -0.4 is 20.1 Å². The highest BCUT2D eigenvalue weighted by molar-refractivity contribution is 9.10. The van der Waals surface area contributed by atoms with Gasteiger partial charge in [-0.15, -0.1) is 0 Å². The van der Waals surface area contributed by atoms with Gasteiger partial charge in [0.15, 0.2) is 11.5 Å². The molecule has 172 valence electrons. The first kappa shape index (κ1) is 23.1. The maximum Gasteiger partial charge on any atom is 0.323 e. The van der Waals surface area contributed by atoms with E-state index in [-0.39, 0.29) is 22.9 Å². The predicted octanol–water partition coefficient (Wildman–Crippen LogP) is 7.29. The molecule has 2 heterocycles. The number of benzene rings is 2. The summed E-state index contributed by atoms with van der Waals surface area (Å²) in [7, 11) is 0. The summed E-state index contributed by atoms with van der Waals surface area (Å²) in [4.78, 5) is 17.1. The van der Waals surface area contributed by atoms with Gasteiger partial charge in [0, 0.05) is 17.7 Å². The molecule has 2 aromatic carbocycles. The second kappa shape index (κ2) is 8.71. The standard InChI is InChI=1S/C26H28BrN3O3/c1-25(2,3)17-9-11-18(12-10-17)28-24(31)29-19-13-14-21(27)30-23(19)32-20-8-6-7-16-15-26(4,5)33-22(16)20/h6-14H,15H2,1-5H3,(H2,28,29,31). The van der Waals surface area contributed by atoms with E-state index in [0.29, 0.717) is 27.5 Å². The number of ether oxygens (including phenoxy) is 2. The number of nitrogens with one attached hydrogen (secondary N) is 2. The van der Waals surface area contributed by atoms with Gasteiger partial charge in [0.05, 0.1) is 0 Å². The topological polar surface area (TPSA) is 72.5 Å². The van der Waals surface area contributed by atoms with Crippen molar-refractivity contribution in [1.29, 1.82) is 0 Å². The van der Waals surface area contributed by atoms with Gasteiger partial charge in [0.1, 0.15) is 15.9 Å². The van der Waals surface area contributed by atoms with E-state index in [4.69, 9.17) is 9.47 Å². The molecule has 1 aliphatic heterocycles. The van der Waals surface area contributed by atoms with Gasteiger partial charge in [0.2, 0.25) is 5.88 Å². The molecule has 33 heavy (non-hydrogen) atoms. The molecule has 0 atom stereocenters. The zero-order valence-corrected chi connectivity index (χ0v) is 21.0. The number of halogens is 1. The fourth-order valence-electron chi connectivity index (χ4n) is 3.70. The number of urea groups is 1. The molecular formula is C26H28BrN3O3. The molecule has 0 bridgehead atoms. The molecule has 0 aliphatic carbocycles. The van der Waals surface area contributed by atoms with E-state index in [1.807, 2.05) is 56.3 Å². The number of anilines is 2. The van der Waals surface area contributed by atoms with E-state index in [1.165, 1.54) is 5.56 Å². The van der Waals surface area contributed by atoms with E-state index >= 15 is 0 Å². The van der Waals surface area contributed by atoms with Gasteiger partial charge in [0.25, 0.3) is 0 Å². The van der Waals surface area contributed by atoms with Crippen molar-refractivity contribution in [2.75, 3.05) is 10.6 Å². The summed E-state index contributed by atoms with van der Waals surface area (Å²) in [5.41, 5.74) is 3.17. The summed E-state index contributed by atoms with van der Waals surface area (Å²) < 4.78 is 12.8. The average Bonchev–Trinajstić information content (AvgIpc) is 3.04. The molecule has 4 rings (SSSR count). The lowest BCUT2D eigenvalue weighted by Gasteiger charge is -2.19. The van der Waals surface area contributed by atoms with Crippen molar-refractivity contribution < 1.29 is 14.3 Å². The van der Waals surface area contributed by atoms with Crippen LogP contribution in [0.4, 0.5) is 16.2 Å². The molecule has 0 unspecified atom stereocenters. The summed E-state index contributed by atoms with van der Waals surface area (Å²) >= 11 is 3.38. The Kier molecular flexibility index (Phi) is 6.10. The number of rotatable bonds is 4.